The van der Waals surface area contributed by atoms with Gasteiger partial charge >= 0.3 is 0 Å². The number of hydrogen-bond donors (Lipinski definition) is 1. The summed E-state index contributed by atoms with van der Waals surface area (Å²) >= 11 is 0. The lowest BCUT2D eigenvalue weighted by molar-refractivity contribution is 0.399. The smallest absolute Gasteiger partial charge is 0.214 e. The van der Waals surface area contributed by atoms with Gasteiger partial charge in [0.1, 0.15) is 5.82 Å². The Morgan fingerprint density at radius 2 is 2.09 bits per heavy atom. The predicted molar refractivity (Wildman–Crippen MR) is 125 cm³/mol. The summed E-state index contributed by atoms with van der Waals surface area (Å²) in [6.07, 6.45) is 6.69. The molecule has 1 aromatic carbocycles. The third-order valence-electron chi connectivity index (χ3n) is 6.37. The number of aryl methyl sites for hydroxylation is 1. The molecule has 3 aromatic heterocycles. The largest absolute Gasteiger partial charge is 0.346 e. The van der Waals surface area contributed by atoms with E-state index in [0.717, 1.165) is 35.3 Å². The van der Waals surface area contributed by atoms with E-state index in [0.29, 0.717) is 18.5 Å². The van der Waals surface area contributed by atoms with Crippen molar-refractivity contribution in [1.82, 2.24) is 24.1 Å². The molecule has 1 aliphatic heterocycles. The van der Waals surface area contributed by atoms with Crippen LogP contribution in [0.1, 0.15) is 18.9 Å². The van der Waals surface area contributed by atoms with Crippen molar-refractivity contribution < 1.29 is 12.8 Å². The molecule has 172 valence electrons. The number of benzene rings is 1. The van der Waals surface area contributed by atoms with E-state index in [1.54, 1.807) is 22.6 Å². The quantitative estimate of drug-likeness (QED) is 0.448. The van der Waals surface area contributed by atoms with Crippen LogP contribution >= 0.6 is 0 Å². The summed E-state index contributed by atoms with van der Waals surface area (Å²) in [6, 6.07) is 12.1. The summed E-state index contributed by atoms with van der Waals surface area (Å²) < 4.78 is 43.2. The fraction of sp³-hybridized carbons (Fsp3) is 0.333. The zero-order valence-corrected chi connectivity index (χ0v) is 19.2. The Bertz CT molecular complexity index is 1370. The van der Waals surface area contributed by atoms with E-state index in [-0.39, 0.29) is 23.5 Å². The maximum Gasteiger partial charge on any atom is 0.214 e. The van der Waals surface area contributed by atoms with E-state index in [2.05, 4.69) is 20.8 Å². The Hall–Kier alpha value is -3.04. The summed E-state index contributed by atoms with van der Waals surface area (Å²) in [4.78, 5) is 4.73. The molecule has 5 rings (SSSR count). The summed E-state index contributed by atoms with van der Waals surface area (Å²) in [5.41, 5.74) is 4.43. The van der Waals surface area contributed by atoms with Gasteiger partial charge in [0.25, 0.3) is 0 Å². The van der Waals surface area contributed by atoms with Crippen LogP contribution in [0.25, 0.3) is 22.3 Å². The monoisotopic (exact) mass is 467 g/mol. The SMILES string of the molecule is C[C@H]1C[C@H](Cn2ccc3nc(-c4cn[nH]c4)ccc32)CN1S(=O)(=O)CCc1cccc(F)c1. The van der Waals surface area contributed by atoms with Crippen LogP contribution < -0.4 is 0 Å². The molecule has 0 bridgehead atoms. The second-order valence-corrected chi connectivity index (χ2v) is 10.8. The minimum Gasteiger partial charge on any atom is -0.346 e. The highest BCUT2D eigenvalue weighted by molar-refractivity contribution is 7.89. The molecule has 0 saturated carbocycles. The third kappa shape index (κ3) is 4.56. The van der Waals surface area contributed by atoms with Crippen LogP contribution in [-0.4, -0.2) is 50.8 Å². The van der Waals surface area contributed by atoms with Crippen molar-refractivity contribution in [3.8, 4) is 11.3 Å². The molecule has 4 aromatic rings. The number of hydrogen-bond acceptors (Lipinski definition) is 4. The number of aromatic amines is 1. The van der Waals surface area contributed by atoms with Gasteiger partial charge in [-0.2, -0.15) is 9.40 Å². The van der Waals surface area contributed by atoms with Crippen molar-refractivity contribution in [3.63, 3.8) is 0 Å². The average molecular weight is 468 g/mol. The van der Waals surface area contributed by atoms with Crippen molar-refractivity contribution in [2.24, 2.45) is 5.92 Å². The second kappa shape index (κ2) is 8.72. The average Bonchev–Trinajstić information content (AvgIpc) is 3.53. The van der Waals surface area contributed by atoms with E-state index < -0.39 is 10.0 Å². The highest BCUT2D eigenvalue weighted by atomic mass is 32.2. The molecule has 0 radical (unpaired) electrons. The maximum absolute atomic E-state index is 13.4. The molecule has 9 heteroatoms. The van der Waals surface area contributed by atoms with Gasteiger partial charge in [0.05, 0.1) is 28.7 Å². The van der Waals surface area contributed by atoms with E-state index in [1.807, 2.05) is 31.5 Å². The van der Waals surface area contributed by atoms with Crippen molar-refractivity contribution in [3.05, 3.63) is 72.4 Å². The Morgan fingerprint density at radius 1 is 1.21 bits per heavy atom. The van der Waals surface area contributed by atoms with Gasteiger partial charge in [0, 0.05) is 37.1 Å². The molecule has 0 unspecified atom stereocenters. The fourth-order valence-corrected chi connectivity index (χ4v) is 6.55. The number of fused-ring (bicyclic) bond motifs is 1. The lowest BCUT2D eigenvalue weighted by Crippen LogP contribution is -2.36. The van der Waals surface area contributed by atoms with Crippen LogP contribution in [0.4, 0.5) is 4.39 Å². The first-order valence-electron chi connectivity index (χ1n) is 11.1. The van der Waals surface area contributed by atoms with Gasteiger partial charge in [-0.05, 0) is 61.6 Å². The molecule has 2 atom stereocenters. The molecule has 0 aliphatic carbocycles. The minimum atomic E-state index is -3.42. The van der Waals surface area contributed by atoms with Gasteiger partial charge in [-0.3, -0.25) is 5.10 Å². The van der Waals surface area contributed by atoms with Crippen LogP contribution in [0.15, 0.2) is 61.1 Å². The first-order valence-corrected chi connectivity index (χ1v) is 12.7. The van der Waals surface area contributed by atoms with Gasteiger partial charge in [0.2, 0.25) is 10.0 Å². The lowest BCUT2D eigenvalue weighted by atomic mass is 10.1. The van der Waals surface area contributed by atoms with Crippen LogP contribution in [-0.2, 0) is 23.0 Å². The van der Waals surface area contributed by atoms with Crippen molar-refractivity contribution in [2.75, 3.05) is 12.3 Å². The summed E-state index contributed by atoms with van der Waals surface area (Å²) in [5.74, 6) is -0.140. The lowest BCUT2D eigenvalue weighted by Gasteiger charge is -2.21. The summed E-state index contributed by atoms with van der Waals surface area (Å²) in [5, 5.41) is 6.78. The number of nitrogens with zero attached hydrogens (tertiary/aromatic N) is 4. The van der Waals surface area contributed by atoms with Crippen molar-refractivity contribution in [2.45, 2.75) is 32.4 Å². The molecule has 1 fully saturated rings. The molecule has 4 heterocycles. The van der Waals surface area contributed by atoms with Gasteiger partial charge in [0.15, 0.2) is 0 Å². The first kappa shape index (κ1) is 21.8. The number of sulfonamides is 1. The molecule has 0 amide bonds. The van der Waals surface area contributed by atoms with Crippen LogP contribution in [0.3, 0.4) is 0 Å². The third-order valence-corrected chi connectivity index (χ3v) is 8.32. The molecule has 7 nitrogen and oxygen atoms in total. The molecule has 1 aliphatic rings. The molecule has 1 N–H and O–H groups in total. The van der Waals surface area contributed by atoms with Crippen LogP contribution in [0.5, 0.6) is 0 Å². The van der Waals surface area contributed by atoms with E-state index in [9.17, 15) is 12.8 Å². The zero-order valence-electron chi connectivity index (χ0n) is 18.4. The van der Waals surface area contributed by atoms with Crippen molar-refractivity contribution >= 4 is 21.1 Å². The maximum atomic E-state index is 13.4. The highest BCUT2D eigenvalue weighted by Gasteiger charge is 2.36. The Balaban J connectivity index is 1.26. The predicted octanol–water partition coefficient (Wildman–Crippen LogP) is 3.85. The Labute approximate surface area is 192 Å². The Kier molecular flexibility index (Phi) is 5.76. The van der Waals surface area contributed by atoms with Gasteiger partial charge in [-0.25, -0.2) is 17.8 Å². The second-order valence-electron chi connectivity index (χ2n) is 8.77. The summed E-state index contributed by atoms with van der Waals surface area (Å²) in [7, 11) is -3.42. The van der Waals surface area contributed by atoms with Crippen LogP contribution in [0.2, 0.25) is 0 Å². The first-order chi connectivity index (χ1) is 15.9. The molecule has 1 saturated heterocycles. The standard InChI is InChI=1S/C24H26FN5O2S/c1-17-11-19(16-30(17)33(31,32)10-8-18-3-2-4-21(25)12-18)15-29-9-7-23-24(29)6-5-22(28-23)20-13-26-27-14-20/h2-7,9,12-14,17,19H,8,10-11,15-16H2,1H3,(H,26,27)/t17-,19+/m0/s1. The number of rotatable bonds is 7. The van der Waals surface area contributed by atoms with Gasteiger partial charge < -0.3 is 4.57 Å². The minimum absolute atomic E-state index is 0.0132. The van der Waals surface area contributed by atoms with Gasteiger partial charge in [-0.15, -0.1) is 0 Å². The van der Waals surface area contributed by atoms with Crippen LogP contribution in [0, 0.1) is 11.7 Å². The highest BCUT2D eigenvalue weighted by Crippen LogP contribution is 2.29. The number of aromatic nitrogens is 4. The Morgan fingerprint density at radius 3 is 2.88 bits per heavy atom. The van der Waals surface area contributed by atoms with E-state index >= 15 is 0 Å². The van der Waals surface area contributed by atoms with E-state index in [1.165, 1.54) is 12.1 Å². The fourth-order valence-electron chi connectivity index (χ4n) is 4.75. The van der Waals surface area contributed by atoms with E-state index in [4.69, 9.17) is 4.98 Å². The molecular weight excluding hydrogens is 441 g/mol. The number of nitrogens with one attached hydrogen (secondary N) is 1. The number of pyridine rings is 1. The molecular formula is C24H26FN5O2S. The molecule has 0 spiro atoms. The topological polar surface area (TPSA) is 83.9 Å². The van der Waals surface area contributed by atoms with Gasteiger partial charge in [-0.1, -0.05) is 12.1 Å². The zero-order chi connectivity index (χ0) is 23.0. The number of H-pyrrole nitrogens is 1. The number of halogens is 1. The van der Waals surface area contributed by atoms with Crippen molar-refractivity contribution in [1.29, 1.82) is 0 Å². The molecule has 33 heavy (non-hydrogen) atoms. The normalized spacial score (nSPS) is 19.5. The summed E-state index contributed by atoms with van der Waals surface area (Å²) in [6.45, 7) is 3.19.